The van der Waals surface area contributed by atoms with E-state index >= 15 is 0 Å². The zero-order chi connectivity index (χ0) is 14.0. The molecular weight excluding hydrogens is 266 g/mol. The number of aliphatic hydroxyl groups is 1. The van der Waals surface area contributed by atoms with Gasteiger partial charge in [0.1, 0.15) is 6.54 Å². The van der Waals surface area contributed by atoms with Crippen molar-refractivity contribution in [2.45, 2.75) is 32.9 Å². The van der Waals surface area contributed by atoms with Crippen LogP contribution in [0.25, 0.3) is 0 Å². The molecule has 2 atom stereocenters. The van der Waals surface area contributed by atoms with E-state index in [9.17, 15) is 4.79 Å². The molecule has 0 fully saturated rings. The number of rotatable bonds is 4. The van der Waals surface area contributed by atoms with Gasteiger partial charge in [-0.25, -0.2) is 0 Å². The zero-order valence-corrected chi connectivity index (χ0v) is 11.8. The van der Waals surface area contributed by atoms with Crippen molar-refractivity contribution in [1.29, 1.82) is 0 Å². The summed E-state index contributed by atoms with van der Waals surface area (Å²) in [5.41, 5.74) is 1.53. The Kier molecular flexibility index (Phi) is 4.27. The van der Waals surface area contributed by atoms with E-state index in [0.29, 0.717) is 5.02 Å². The quantitative estimate of drug-likeness (QED) is 0.816. The van der Waals surface area contributed by atoms with Crippen LogP contribution in [-0.4, -0.2) is 33.4 Å². The van der Waals surface area contributed by atoms with Gasteiger partial charge in [0.05, 0.1) is 16.4 Å². The van der Waals surface area contributed by atoms with Crippen LogP contribution < -0.4 is 5.32 Å². The van der Waals surface area contributed by atoms with Gasteiger partial charge in [-0.1, -0.05) is 23.8 Å². The Morgan fingerprint density at radius 3 is 2.84 bits per heavy atom. The molecule has 1 aliphatic rings. The van der Waals surface area contributed by atoms with Gasteiger partial charge >= 0.3 is 0 Å². The second kappa shape index (κ2) is 5.75. The van der Waals surface area contributed by atoms with E-state index in [2.05, 4.69) is 10.4 Å². The number of amides is 1. The lowest BCUT2D eigenvalue weighted by molar-refractivity contribution is -0.122. The summed E-state index contributed by atoms with van der Waals surface area (Å²) >= 11 is 6.04. The predicted molar refractivity (Wildman–Crippen MR) is 73.0 cm³/mol. The van der Waals surface area contributed by atoms with Crippen LogP contribution in [0, 0.1) is 19.8 Å². The number of hydrogen-bond acceptors (Lipinski definition) is 3. The molecule has 5 nitrogen and oxygen atoms in total. The first-order valence-corrected chi connectivity index (χ1v) is 6.67. The van der Waals surface area contributed by atoms with Crippen LogP contribution in [0.4, 0.5) is 0 Å². The number of aliphatic hydroxyl groups excluding tert-OH is 1. The van der Waals surface area contributed by atoms with Gasteiger partial charge in [-0.2, -0.15) is 5.10 Å². The van der Waals surface area contributed by atoms with Crippen LogP contribution in [0.2, 0.25) is 5.02 Å². The Labute approximate surface area is 117 Å². The van der Waals surface area contributed by atoms with Crippen molar-refractivity contribution >= 4 is 17.5 Å². The number of aromatic nitrogens is 2. The maximum absolute atomic E-state index is 11.9. The smallest absolute Gasteiger partial charge is 0.242 e. The van der Waals surface area contributed by atoms with E-state index < -0.39 is 0 Å². The molecular formula is C13H18ClN3O2. The number of halogens is 1. The van der Waals surface area contributed by atoms with E-state index in [1.54, 1.807) is 4.68 Å². The molecule has 0 aromatic carbocycles. The van der Waals surface area contributed by atoms with Crippen molar-refractivity contribution in [1.82, 2.24) is 15.1 Å². The Morgan fingerprint density at radius 1 is 1.58 bits per heavy atom. The van der Waals surface area contributed by atoms with E-state index in [0.717, 1.165) is 17.8 Å². The topological polar surface area (TPSA) is 67.2 Å². The molecule has 1 aliphatic carbocycles. The largest absolute Gasteiger partial charge is 0.396 e. The highest BCUT2D eigenvalue weighted by molar-refractivity contribution is 6.31. The predicted octanol–water partition coefficient (Wildman–Crippen LogP) is 1.21. The molecule has 104 valence electrons. The summed E-state index contributed by atoms with van der Waals surface area (Å²) in [4.78, 5) is 11.9. The summed E-state index contributed by atoms with van der Waals surface area (Å²) in [6.07, 6.45) is 4.61. The normalized spacial score (nSPS) is 21.9. The van der Waals surface area contributed by atoms with E-state index in [-0.39, 0.29) is 31.0 Å². The highest BCUT2D eigenvalue weighted by Gasteiger charge is 2.20. The number of aryl methyl sites for hydroxylation is 1. The second-order valence-electron chi connectivity index (χ2n) is 4.88. The molecule has 0 saturated carbocycles. The van der Waals surface area contributed by atoms with Crippen LogP contribution in [-0.2, 0) is 11.3 Å². The van der Waals surface area contributed by atoms with Gasteiger partial charge in [-0.3, -0.25) is 9.48 Å². The van der Waals surface area contributed by atoms with Gasteiger partial charge < -0.3 is 10.4 Å². The van der Waals surface area contributed by atoms with Gasteiger partial charge in [0.25, 0.3) is 0 Å². The minimum atomic E-state index is -0.101. The summed E-state index contributed by atoms with van der Waals surface area (Å²) in [5.74, 6) is 0.0453. The number of nitrogens with zero attached hydrogens (tertiary/aromatic N) is 2. The average Bonchev–Trinajstić information content (AvgIpc) is 2.91. The molecule has 0 aliphatic heterocycles. The summed E-state index contributed by atoms with van der Waals surface area (Å²) < 4.78 is 1.61. The van der Waals surface area contributed by atoms with Crippen molar-refractivity contribution in [3.8, 4) is 0 Å². The maximum Gasteiger partial charge on any atom is 0.242 e. The van der Waals surface area contributed by atoms with Crippen molar-refractivity contribution < 1.29 is 9.90 Å². The fourth-order valence-electron chi connectivity index (χ4n) is 2.23. The molecule has 1 heterocycles. The van der Waals surface area contributed by atoms with E-state index in [4.69, 9.17) is 16.7 Å². The van der Waals surface area contributed by atoms with Crippen LogP contribution in [0.1, 0.15) is 17.8 Å². The maximum atomic E-state index is 11.9. The third-order valence-corrected chi connectivity index (χ3v) is 3.89. The molecule has 2 rings (SSSR count). The Balaban J connectivity index is 1.91. The summed E-state index contributed by atoms with van der Waals surface area (Å²) in [6.45, 7) is 3.94. The minimum absolute atomic E-state index is 0.00270. The van der Waals surface area contributed by atoms with Gasteiger partial charge in [0.2, 0.25) is 5.91 Å². The standard InChI is InChI=1S/C13H18ClN3O2/c1-8-13(14)9(2)17(16-8)6-12(19)15-11-4-3-10(5-11)7-18/h3-4,10-11,18H,5-7H2,1-2H3,(H,15,19)/t10-,11+/m0/s1. The lowest BCUT2D eigenvalue weighted by Gasteiger charge is -2.13. The van der Waals surface area contributed by atoms with Crippen LogP contribution in [0.3, 0.4) is 0 Å². The van der Waals surface area contributed by atoms with Crippen LogP contribution in [0.5, 0.6) is 0 Å². The third-order valence-electron chi connectivity index (χ3n) is 3.34. The monoisotopic (exact) mass is 283 g/mol. The van der Waals surface area contributed by atoms with Gasteiger partial charge in [-0.15, -0.1) is 0 Å². The van der Waals surface area contributed by atoms with Gasteiger partial charge in [-0.05, 0) is 20.3 Å². The summed E-state index contributed by atoms with van der Waals surface area (Å²) in [5, 5.41) is 16.8. The summed E-state index contributed by atoms with van der Waals surface area (Å²) in [7, 11) is 0. The highest BCUT2D eigenvalue weighted by atomic mass is 35.5. The summed E-state index contributed by atoms with van der Waals surface area (Å²) in [6, 6.07) is -0.00270. The molecule has 19 heavy (non-hydrogen) atoms. The number of nitrogens with one attached hydrogen (secondary N) is 1. The van der Waals surface area contributed by atoms with Gasteiger partial charge in [0, 0.05) is 18.6 Å². The number of carbonyl (C=O) groups is 1. The Bertz CT molecular complexity index is 510. The molecule has 0 spiro atoms. The Morgan fingerprint density at radius 2 is 2.32 bits per heavy atom. The Hall–Kier alpha value is -1.33. The molecule has 1 amide bonds. The molecule has 1 aromatic heterocycles. The first-order chi connectivity index (χ1) is 9.01. The van der Waals surface area contributed by atoms with Crippen molar-refractivity contribution in [2.24, 2.45) is 5.92 Å². The fourth-order valence-corrected chi connectivity index (χ4v) is 2.37. The van der Waals surface area contributed by atoms with E-state index in [1.807, 2.05) is 26.0 Å². The molecule has 1 aromatic rings. The number of hydrogen-bond donors (Lipinski definition) is 2. The van der Waals surface area contributed by atoms with Crippen molar-refractivity contribution in [3.63, 3.8) is 0 Å². The minimum Gasteiger partial charge on any atom is -0.396 e. The van der Waals surface area contributed by atoms with E-state index in [1.165, 1.54) is 0 Å². The molecule has 0 radical (unpaired) electrons. The van der Waals surface area contributed by atoms with Crippen LogP contribution >= 0.6 is 11.6 Å². The molecule has 6 heteroatoms. The van der Waals surface area contributed by atoms with Crippen molar-refractivity contribution in [3.05, 3.63) is 28.6 Å². The lowest BCUT2D eigenvalue weighted by atomic mass is 10.1. The molecule has 0 saturated heterocycles. The van der Waals surface area contributed by atoms with Crippen molar-refractivity contribution in [2.75, 3.05) is 6.61 Å². The lowest BCUT2D eigenvalue weighted by Crippen LogP contribution is -2.35. The van der Waals surface area contributed by atoms with Gasteiger partial charge in [0.15, 0.2) is 0 Å². The van der Waals surface area contributed by atoms with Crippen LogP contribution in [0.15, 0.2) is 12.2 Å². The first-order valence-electron chi connectivity index (χ1n) is 6.29. The average molecular weight is 284 g/mol. The third kappa shape index (κ3) is 3.16. The molecule has 2 N–H and O–H groups in total. The molecule has 0 bridgehead atoms. The first kappa shape index (κ1) is 14.1. The SMILES string of the molecule is Cc1nn(CC(=O)N[C@@H]2C=C[C@H](CO)C2)c(C)c1Cl. The zero-order valence-electron chi connectivity index (χ0n) is 11.1. The highest BCUT2D eigenvalue weighted by Crippen LogP contribution is 2.19. The second-order valence-corrected chi connectivity index (χ2v) is 5.26. The number of carbonyl (C=O) groups excluding carboxylic acids is 1. The fraction of sp³-hybridized carbons (Fsp3) is 0.538. The molecule has 0 unspecified atom stereocenters.